The van der Waals surface area contributed by atoms with Gasteiger partial charge < -0.3 is 10.2 Å². The Labute approximate surface area is 129 Å². The first-order valence-corrected chi connectivity index (χ1v) is 8.43. The zero-order valence-electron chi connectivity index (χ0n) is 12.4. The van der Waals surface area contributed by atoms with Crippen LogP contribution in [0.2, 0.25) is 0 Å². The molecule has 1 saturated heterocycles. The number of thioether (sulfide) groups is 1. The number of nitrogens with one attached hydrogen (secondary N) is 1. The van der Waals surface area contributed by atoms with Gasteiger partial charge in [-0.15, -0.1) is 0 Å². The van der Waals surface area contributed by atoms with Crippen LogP contribution >= 0.6 is 11.8 Å². The first-order chi connectivity index (χ1) is 10.1. The van der Waals surface area contributed by atoms with Crippen LogP contribution in [0.15, 0.2) is 24.5 Å². The van der Waals surface area contributed by atoms with E-state index in [2.05, 4.69) is 10.3 Å². The molecule has 0 aliphatic carbocycles. The first kappa shape index (κ1) is 15.8. The third-order valence-corrected chi connectivity index (χ3v) is 4.70. The number of nitrogens with zero attached hydrogens (tertiary/aromatic N) is 2. The zero-order valence-corrected chi connectivity index (χ0v) is 13.2. The summed E-state index contributed by atoms with van der Waals surface area (Å²) in [4.78, 5) is 29.9. The molecular formula is C15H21N3O2S. The summed E-state index contributed by atoms with van der Waals surface area (Å²) in [5.41, 5.74) is 0.670. The second-order valence-electron chi connectivity index (χ2n) is 5.19. The minimum atomic E-state index is -0.0264. The van der Waals surface area contributed by atoms with Gasteiger partial charge >= 0.3 is 0 Å². The minimum Gasteiger partial charge on any atom is -0.352 e. The van der Waals surface area contributed by atoms with E-state index in [1.165, 1.54) is 0 Å². The van der Waals surface area contributed by atoms with Crippen LogP contribution in [0, 0.1) is 0 Å². The lowest BCUT2D eigenvalue weighted by atomic mass is 10.0. The van der Waals surface area contributed by atoms with Gasteiger partial charge in [0.1, 0.15) is 0 Å². The normalized spacial score (nSPS) is 17.3. The van der Waals surface area contributed by atoms with Crippen LogP contribution in [0.1, 0.15) is 30.1 Å². The number of hydrogen-bond donors (Lipinski definition) is 1. The van der Waals surface area contributed by atoms with Gasteiger partial charge in [-0.3, -0.25) is 14.6 Å². The summed E-state index contributed by atoms with van der Waals surface area (Å²) in [5.74, 6) is 0.126. The van der Waals surface area contributed by atoms with Crippen molar-refractivity contribution in [1.82, 2.24) is 15.2 Å². The summed E-state index contributed by atoms with van der Waals surface area (Å²) in [6.07, 6.45) is 6.81. The summed E-state index contributed by atoms with van der Waals surface area (Å²) in [7, 11) is 0. The Bertz CT molecular complexity index is 487. The van der Waals surface area contributed by atoms with Crippen molar-refractivity contribution in [3.8, 4) is 0 Å². The molecule has 1 aromatic heterocycles. The Morgan fingerprint density at radius 2 is 1.95 bits per heavy atom. The number of carbonyl (C=O) groups is 2. The molecule has 1 aliphatic heterocycles. The summed E-state index contributed by atoms with van der Waals surface area (Å²) >= 11 is 1.54. The van der Waals surface area contributed by atoms with Crippen LogP contribution in [0.3, 0.4) is 0 Å². The van der Waals surface area contributed by atoms with Crippen molar-refractivity contribution in [1.29, 1.82) is 0 Å². The predicted molar refractivity (Wildman–Crippen MR) is 84.3 cm³/mol. The smallest absolute Gasteiger partial charge is 0.253 e. The molecular weight excluding hydrogens is 286 g/mol. The van der Waals surface area contributed by atoms with E-state index in [1.807, 2.05) is 18.1 Å². The van der Waals surface area contributed by atoms with Crippen molar-refractivity contribution in [3.05, 3.63) is 30.1 Å². The molecule has 0 spiro atoms. The fourth-order valence-corrected chi connectivity index (χ4v) is 2.61. The quantitative estimate of drug-likeness (QED) is 0.917. The minimum absolute atomic E-state index is 0.0264. The molecule has 0 unspecified atom stereocenters. The average Bonchev–Trinajstić information content (AvgIpc) is 2.55. The van der Waals surface area contributed by atoms with Crippen molar-refractivity contribution >= 4 is 23.6 Å². The fourth-order valence-electron chi connectivity index (χ4n) is 2.33. The maximum Gasteiger partial charge on any atom is 0.253 e. The second kappa shape index (κ2) is 7.45. The maximum atomic E-state index is 12.3. The molecule has 1 fully saturated rings. The van der Waals surface area contributed by atoms with Gasteiger partial charge in [0, 0.05) is 37.1 Å². The molecule has 5 nitrogen and oxygen atoms in total. The van der Waals surface area contributed by atoms with Gasteiger partial charge in [-0.1, -0.05) is 0 Å². The average molecular weight is 307 g/mol. The molecule has 114 valence electrons. The van der Waals surface area contributed by atoms with Gasteiger partial charge in [0.2, 0.25) is 5.91 Å². The van der Waals surface area contributed by atoms with Gasteiger partial charge in [-0.05, 0) is 38.2 Å². The van der Waals surface area contributed by atoms with E-state index in [-0.39, 0.29) is 23.1 Å². The SMILES string of the molecule is CS[C@@H](C)C(=O)NC1CCN(C(=O)c2ccncc2)CC1. The third-order valence-electron chi connectivity index (χ3n) is 3.78. The van der Waals surface area contributed by atoms with Crippen molar-refractivity contribution in [2.24, 2.45) is 0 Å². The standard InChI is InChI=1S/C15H21N3O2S/c1-11(21-2)14(19)17-13-5-9-18(10-6-13)15(20)12-3-7-16-8-4-12/h3-4,7-8,11,13H,5-6,9-10H2,1-2H3,(H,17,19)/t11-/m0/s1. The fraction of sp³-hybridized carbons (Fsp3) is 0.533. The Hall–Kier alpha value is -1.56. The number of carbonyl (C=O) groups excluding carboxylic acids is 2. The van der Waals surface area contributed by atoms with E-state index >= 15 is 0 Å². The summed E-state index contributed by atoms with van der Waals surface area (Å²) in [6, 6.07) is 3.64. The highest BCUT2D eigenvalue weighted by molar-refractivity contribution is 7.99. The van der Waals surface area contributed by atoms with Crippen LogP contribution in [-0.2, 0) is 4.79 Å². The highest BCUT2D eigenvalue weighted by atomic mass is 32.2. The van der Waals surface area contributed by atoms with Gasteiger partial charge in [0.05, 0.1) is 5.25 Å². The Morgan fingerprint density at radius 1 is 1.33 bits per heavy atom. The van der Waals surface area contributed by atoms with E-state index in [1.54, 1.807) is 36.3 Å². The maximum absolute atomic E-state index is 12.3. The molecule has 0 radical (unpaired) electrons. The number of amides is 2. The van der Waals surface area contributed by atoms with Crippen LogP contribution in [0.5, 0.6) is 0 Å². The van der Waals surface area contributed by atoms with E-state index in [4.69, 9.17) is 0 Å². The lowest BCUT2D eigenvalue weighted by Crippen LogP contribution is -2.48. The molecule has 6 heteroatoms. The topological polar surface area (TPSA) is 62.3 Å². The predicted octanol–water partition coefficient (Wildman–Crippen LogP) is 1.55. The highest BCUT2D eigenvalue weighted by Gasteiger charge is 2.25. The van der Waals surface area contributed by atoms with Gasteiger partial charge in [0.25, 0.3) is 5.91 Å². The van der Waals surface area contributed by atoms with Crippen molar-refractivity contribution in [2.45, 2.75) is 31.1 Å². The lowest BCUT2D eigenvalue weighted by Gasteiger charge is -2.32. The second-order valence-corrected chi connectivity index (χ2v) is 6.37. The summed E-state index contributed by atoms with van der Waals surface area (Å²) in [5, 5.41) is 3.03. The number of rotatable bonds is 4. The molecule has 1 atom stereocenters. The Morgan fingerprint density at radius 3 is 2.52 bits per heavy atom. The Kier molecular flexibility index (Phi) is 5.61. The van der Waals surface area contributed by atoms with Crippen molar-refractivity contribution in [2.75, 3.05) is 19.3 Å². The lowest BCUT2D eigenvalue weighted by molar-refractivity contribution is -0.121. The molecule has 2 amide bonds. The van der Waals surface area contributed by atoms with Crippen LogP contribution < -0.4 is 5.32 Å². The van der Waals surface area contributed by atoms with Gasteiger partial charge in [-0.2, -0.15) is 11.8 Å². The van der Waals surface area contributed by atoms with E-state index in [0.29, 0.717) is 18.7 Å². The Balaban J connectivity index is 1.83. The number of piperidine rings is 1. The number of aromatic nitrogens is 1. The number of likely N-dealkylation sites (tertiary alicyclic amines) is 1. The molecule has 2 rings (SSSR count). The van der Waals surface area contributed by atoms with Crippen molar-refractivity contribution < 1.29 is 9.59 Å². The molecule has 1 aromatic rings. The van der Waals surface area contributed by atoms with Crippen LogP contribution in [0.25, 0.3) is 0 Å². The number of hydrogen-bond acceptors (Lipinski definition) is 4. The van der Waals surface area contributed by atoms with Crippen LogP contribution in [0.4, 0.5) is 0 Å². The van der Waals surface area contributed by atoms with E-state index < -0.39 is 0 Å². The molecule has 2 heterocycles. The van der Waals surface area contributed by atoms with Crippen LogP contribution in [-0.4, -0.2) is 52.3 Å². The van der Waals surface area contributed by atoms with E-state index in [9.17, 15) is 9.59 Å². The van der Waals surface area contributed by atoms with Gasteiger partial charge in [-0.25, -0.2) is 0 Å². The summed E-state index contributed by atoms with van der Waals surface area (Å²) in [6.45, 7) is 3.27. The third kappa shape index (κ3) is 4.20. The van der Waals surface area contributed by atoms with E-state index in [0.717, 1.165) is 12.8 Å². The zero-order chi connectivity index (χ0) is 15.2. The monoisotopic (exact) mass is 307 g/mol. The molecule has 0 aromatic carbocycles. The van der Waals surface area contributed by atoms with Crippen molar-refractivity contribution in [3.63, 3.8) is 0 Å². The first-order valence-electron chi connectivity index (χ1n) is 7.14. The summed E-state index contributed by atoms with van der Waals surface area (Å²) < 4.78 is 0. The highest BCUT2D eigenvalue weighted by Crippen LogP contribution is 2.15. The van der Waals surface area contributed by atoms with Gasteiger partial charge in [0.15, 0.2) is 0 Å². The molecule has 21 heavy (non-hydrogen) atoms. The largest absolute Gasteiger partial charge is 0.352 e. The number of pyridine rings is 1. The molecule has 0 bridgehead atoms. The molecule has 1 aliphatic rings. The molecule has 1 N–H and O–H groups in total. The molecule has 0 saturated carbocycles.